The Morgan fingerprint density at radius 2 is 1.63 bits per heavy atom. The molecule has 3 aromatic carbocycles. The molecule has 38 heavy (non-hydrogen) atoms. The zero-order valence-corrected chi connectivity index (χ0v) is 24.6. The molecule has 0 saturated heterocycles. The number of anilines is 1. The van der Waals surface area contributed by atoms with Crippen LogP contribution in [0, 0.1) is 0 Å². The molecule has 2 amide bonds. The number of halogens is 2. The van der Waals surface area contributed by atoms with E-state index in [-0.39, 0.29) is 23.4 Å². The van der Waals surface area contributed by atoms with Crippen molar-refractivity contribution in [2.45, 2.75) is 50.7 Å². The molecular weight excluding hydrogens is 590 g/mol. The quantitative estimate of drug-likeness (QED) is 0.301. The Balaban J connectivity index is 2.00. The summed E-state index contributed by atoms with van der Waals surface area (Å²) < 4.78 is 29.3. The van der Waals surface area contributed by atoms with Gasteiger partial charge in [-0.25, -0.2) is 8.42 Å². The maximum Gasteiger partial charge on any atom is 0.264 e. The second-order valence-corrected chi connectivity index (χ2v) is 12.2. The van der Waals surface area contributed by atoms with Crippen LogP contribution in [0.15, 0.2) is 88.2 Å². The molecule has 0 fully saturated rings. The SMILES string of the molecule is CC[C@@H](C)NC(=O)[C@@H](C)N(Cc1cccc(Br)c1)C(=O)CN(c1ccccc1)S(=O)(=O)c1ccc(Cl)cc1. The minimum Gasteiger partial charge on any atom is -0.352 e. The van der Waals surface area contributed by atoms with E-state index in [1.807, 2.05) is 38.1 Å². The number of hydrogen-bond donors (Lipinski definition) is 1. The highest BCUT2D eigenvalue weighted by Crippen LogP contribution is 2.25. The second-order valence-electron chi connectivity index (χ2n) is 8.95. The highest BCUT2D eigenvalue weighted by atomic mass is 79.9. The van der Waals surface area contributed by atoms with Crippen LogP contribution in [0.4, 0.5) is 5.69 Å². The molecule has 10 heteroatoms. The maximum absolute atomic E-state index is 13.9. The van der Waals surface area contributed by atoms with E-state index in [0.717, 1.165) is 20.8 Å². The summed E-state index contributed by atoms with van der Waals surface area (Å²) >= 11 is 9.42. The first-order valence-electron chi connectivity index (χ1n) is 12.2. The molecule has 0 heterocycles. The van der Waals surface area contributed by atoms with Crippen LogP contribution in [0.1, 0.15) is 32.8 Å². The van der Waals surface area contributed by atoms with Gasteiger partial charge in [-0.1, -0.05) is 64.8 Å². The van der Waals surface area contributed by atoms with Gasteiger partial charge in [-0.3, -0.25) is 13.9 Å². The largest absolute Gasteiger partial charge is 0.352 e. The fourth-order valence-electron chi connectivity index (χ4n) is 3.74. The third kappa shape index (κ3) is 7.58. The van der Waals surface area contributed by atoms with Gasteiger partial charge in [0.15, 0.2) is 0 Å². The van der Waals surface area contributed by atoms with E-state index in [0.29, 0.717) is 10.7 Å². The van der Waals surface area contributed by atoms with Gasteiger partial charge in [-0.05, 0) is 74.4 Å². The molecule has 3 aromatic rings. The number of benzene rings is 3. The number of sulfonamides is 1. The fourth-order valence-corrected chi connectivity index (χ4v) is 5.72. The third-order valence-corrected chi connectivity index (χ3v) is 8.67. The summed E-state index contributed by atoms with van der Waals surface area (Å²) in [7, 11) is -4.13. The molecule has 2 atom stereocenters. The summed E-state index contributed by atoms with van der Waals surface area (Å²) in [5.41, 5.74) is 1.12. The Bertz CT molecular complexity index is 1350. The Labute approximate surface area is 238 Å². The number of carbonyl (C=O) groups excluding carboxylic acids is 2. The molecule has 0 aliphatic rings. The number of nitrogens with one attached hydrogen (secondary N) is 1. The van der Waals surface area contributed by atoms with E-state index < -0.39 is 28.5 Å². The van der Waals surface area contributed by atoms with E-state index in [1.54, 1.807) is 37.3 Å². The van der Waals surface area contributed by atoms with Gasteiger partial charge in [-0.15, -0.1) is 0 Å². The Hall–Kier alpha value is -2.88. The van der Waals surface area contributed by atoms with Crippen LogP contribution in [0.2, 0.25) is 5.02 Å². The van der Waals surface area contributed by atoms with Gasteiger partial charge in [0, 0.05) is 22.1 Å². The molecule has 0 unspecified atom stereocenters. The van der Waals surface area contributed by atoms with Crippen molar-refractivity contribution >= 4 is 55.1 Å². The van der Waals surface area contributed by atoms with Crippen LogP contribution in [-0.4, -0.2) is 43.8 Å². The summed E-state index contributed by atoms with van der Waals surface area (Å²) in [6.07, 6.45) is 0.735. The van der Waals surface area contributed by atoms with Crippen LogP contribution >= 0.6 is 27.5 Å². The third-order valence-electron chi connectivity index (χ3n) is 6.13. The molecule has 0 aromatic heterocycles. The Morgan fingerprint density at radius 1 is 0.974 bits per heavy atom. The molecular formula is C28H31BrClN3O4S. The lowest BCUT2D eigenvalue weighted by Crippen LogP contribution is -2.52. The first kappa shape index (κ1) is 29.7. The van der Waals surface area contributed by atoms with E-state index in [2.05, 4.69) is 21.2 Å². The molecule has 0 saturated carbocycles. The molecule has 202 valence electrons. The lowest BCUT2D eigenvalue weighted by atomic mass is 10.1. The number of carbonyl (C=O) groups is 2. The predicted molar refractivity (Wildman–Crippen MR) is 154 cm³/mol. The number of amides is 2. The molecule has 0 aliphatic heterocycles. The highest BCUT2D eigenvalue weighted by molar-refractivity contribution is 9.10. The van der Waals surface area contributed by atoms with Crippen LogP contribution in [0.25, 0.3) is 0 Å². The van der Waals surface area contributed by atoms with E-state index in [1.165, 1.54) is 29.2 Å². The summed E-state index contributed by atoms with van der Waals surface area (Å²) in [5.74, 6) is -0.826. The van der Waals surface area contributed by atoms with Gasteiger partial charge in [0.1, 0.15) is 12.6 Å². The smallest absolute Gasteiger partial charge is 0.264 e. The second kappa shape index (κ2) is 13.3. The lowest BCUT2D eigenvalue weighted by molar-refractivity contribution is -0.139. The standard InChI is InChI=1S/C28H31BrClN3O4S/c1-4-20(2)31-28(35)21(3)32(18-22-9-8-10-23(29)17-22)27(34)19-33(25-11-6-5-7-12-25)38(36,37)26-15-13-24(30)14-16-26/h5-17,20-21H,4,18-19H2,1-3H3,(H,31,35)/t20-,21-/m1/s1. The van der Waals surface area contributed by atoms with Gasteiger partial charge < -0.3 is 10.2 Å². The Kier molecular flexibility index (Phi) is 10.4. The fraction of sp³-hybridized carbons (Fsp3) is 0.286. The van der Waals surface area contributed by atoms with Crippen molar-refractivity contribution < 1.29 is 18.0 Å². The van der Waals surface area contributed by atoms with Crippen LogP contribution < -0.4 is 9.62 Å². The number of hydrogen-bond acceptors (Lipinski definition) is 4. The number of nitrogens with zero attached hydrogens (tertiary/aromatic N) is 2. The zero-order valence-electron chi connectivity index (χ0n) is 21.5. The molecule has 0 spiro atoms. The first-order chi connectivity index (χ1) is 18.0. The van der Waals surface area contributed by atoms with Crippen molar-refractivity contribution in [3.63, 3.8) is 0 Å². The topological polar surface area (TPSA) is 86.8 Å². The molecule has 3 rings (SSSR count). The summed E-state index contributed by atoms with van der Waals surface area (Å²) in [5, 5.41) is 3.32. The maximum atomic E-state index is 13.9. The number of para-hydroxylation sites is 1. The van der Waals surface area contributed by atoms with Crippen molar-refractivity contribution in [3.8, 4) is 0 Å². The van der Waals surface area contributed by atoms with Crippen LogP contribution in [0.5, 0.6) is 0 Å². The highest BCUT2D eigenvalue weighted by Gasteiger charge is 2.32. The van der Waals surface area contributed by atoms with Crippen LogP contribution in [0.3, 0.4) is 0 Å². The average molecular weight is 621 g/mol. The minimum atomic E-state index is -4.13. The monoisotopic (exact) mass is 619 g/mol. The van der Waals surface area contributed by atoms with Crippen molar-refractivity contribution in [3.05, 3.63) is 93.9 Å². The van der Waals surface area contributed by atoms with E-state index >= 15 is 0 Å². The predicted octanol–water partition coefficient (Wildman–Crippen LogP) is 5.63. The molecule has 0 radical (unpaired) electrons. The van der Waals surface area contributed by atoms with Gasteiger partial charge in [0.2, 0.25) is 11.8 Å². The van der Waals surface area contributed by atoms with Gasteiger partial charge in [0.25, 0.3) is 10.0 Å². The van der Waals surface area contributed by atoms with Gasteiger partial charge in [-0.2, -0.15) is 0 Å². The zero-order chi connectivity index (χ0) is 27.9. The van der Waals surface area contributed by atoms with E-state index in [4.69, 9.17) is 11.6 Å². The first-order valence-corrected chi connectivity index (χ1v) is 14.8. The van der Waals surface area contributed by atoms with Crippen molar-refractivity contribution in [1.82, 2.24) is 10.2 Å². The molecule has 1 N–H and O–H groups in total. The van der Waals surface area contributed by atoms with E-state index in [9.17, 15) is 18.0 Å². The van der Waals surface area contributed by atoms with Crippen molar-refractivity contribution in [2.75, 3.05) is 10.8 Å². The molecule has 7 nitrogen and oxygen atoms in total. The van der Waals surface area contributed by atoms with Crippen molar-refractivity contribution in [2.24, 2.45) is 0 Å². The summed E-state index contributed by atoms with van der Waals surface area (Å²) in [6, 6.07) is 20.7. The van der Waals surface area contributed by atoms with Gasteiger partial charge in [0.05, 0.1) is 10.6 Å². The minimum absolute atomic E-state index is 0.000319. The normalized spacial score (nSPS) is 12.9. The average Bonchev–Trinajstić information content (AvgIpc) is 2.90. The number of rotatable bonds is 11. The summed E-state index contributed by atoms with van der Waals surface area (Å²) in [4.78, 5) is 28.3. The van der Waals surface area contributed by atoms with Gasteiger partial charge >= 0.3 is 0 Å². The molecule has 0 bridgehead atoms. The van der Waals surface area contributed by atoms with Crippen LogP contribution in [-0.2, 0) is 26.2 Å². The van der Waals surface area contributed by atoms with Crippen molar-refractivity contribution in [1.29, 1.82) is 0 Å². The lowest BCUT2D eigenvalue weighted by Gasteiger charge is -2.32. The Morgan fingerprint density at radius 3 is 2.24 bits per heavy atom. The summed E-state index contributed by atoms with van der Waals surface area (Å²) in [6.45, 7) is 5.12. The molecule has 0 aliphatic carbocycles.